The Balaban J connectivity index is 1.48. The van der Waals surface area contributed by atoms with Gasteiger partial charge in [-0.05, 0) is 37.2 Å². The van der Waals surface area contributed by atoms with Crippen LogP contribution in [0.5, 0.6) is 0 Å². The normalized spacial score (nSPS) is 28.9. The molecule has 0 unspecified atom stereocenters. The van der Waals surface area contributed by atoms with Crippen LogP contribution in [0.15, 0.2) is 35.0 Å². The second kappa shape index (κ2) is 5.80. The maximum absolute atomic E-state index is 12.4. The SMILES string of the molecule is Cc1nonc1CC(=O)N[C@@H]1[C@@H]2CCC[C@@H]2[C@@H]1c1ccccc1. The van der Waals surface area contributed by atoms with Gasteiger partial charge in [0.25, 0.3) is 0 Å². The van der Waals surface area contributed by atoms with Gasteiger partial charge in [0.1, 0.15) is 11.4 Å². The lowest BCUT2D eigenvalue weighted by Gasteiger charge is -2.49. The monoisotopic (exact) mass is 311 g/mol. The summed E-state index contributed by atoms with van der Waals surface area (Å²) in [7, 11) is 0. The van der Waals surface area contributed by atoms with Crippen molar-refractivity contribution in [2.24, 2.45) is 11.8 Å². The molecule has 5 nitrogen and oxygen atoms in total. The summed E-state index contributed by atoms with van der Waals surface area (Å²) in [4.78, 5) is 12.4. The Hall–Kier alpha value is -2.17. The largest absolute Gasteiger partial charge is 0.352 e. The van der Waals surface area contributed by atoms with Crippen molar-refractivity contribution in [1.29, 1.82) is 0 Å². The molecule has 120 valence electrons. The first-order valence-corrected chi connectivity index (χ1v) is 8.36. The van der Waals surface area contributed by atoms with E-state index in [1.54, 1.807) is 0 Å². The van der Waals surface area contributed by atoms with E-state index in [9.17, 15) is 4.79 Å². The van der Waals surface area contributed by atoms with Crippen LogP contribution in [0.1, 0.15) is 42.1 Å². The molecule has 4 rings (SSSR count). The summed E-state index contributed by atoms with van der Waals surface area (Å²) in [5.41, 5.74) is 2.66. The van der Waals surface area contributed by atoms with Crippen molar-refractivity contribution in [3.8, 4) is 0 Å². The zero-order valence-corrected chi connectivity index (χ0v) is 13.2. The number of rotatable bonds is 4. The predicted octanol–water partition coefficient (Wildman–Crippen LogP) is 2.62. The van der Waals surface area contributed by atoms with Gasteiger partial charge >= 0.3 is 0 Å². The number of aryl methyl sites for hydroxylation is 1. The Morgan fingerprint density at radius 3 is 2.74 bits per heavy atom. The van der Waals surface area contributed by atoms with Gasteiger partial charge in [-0.1, -0.05) is 47.1 Å². The topological polar surface area (TPSA) is 68.0 Å². The minimum Gasteiger partial charge on any atom is -0.352 e. The van der Waals surface area contributed by atoms with Crippen molar-refractivity contribution in [1.82, 2.24) is 15.6 Å². The lowest BCUT2D eigenvalue weighted by Crippen LogP contribution is -2.56. The van der Waals surface area contributed by atoms with Crippen LogP contribution in [0.2, 0.25) is 0 Å². The van der Waals surface area contributed by atoms with Gasteiger partial charge in [0.05, 0.1) is 6.42 Å². The van der Waals surface area contributed by atoms with Crippen molar-refractivity contribution in [3.63, 3.8) is 0 Å². The number of nitrogens with zero attached hydrogens (tertiary/aromatic N) is 2. The molecule has 0 saturated heterocycles. The molecule has 0 radical (unpaired) electrons. The van der Waals surface area contributed by atoms with E-state index in [2.05, 4.69) is 44.5 Å². The van der Waals surface area contributed by atoms with Crippen LogP contribution in [0.3, 0.4) is 0 Å². The molecule has 1 aromatic carbocycles. The third kappa shape index (κ3) is 2.54. The molecule has 0 bridgehead atoms. The first kappa shape index (κ1) is 14.4. The van der Waals surface area contributed by atoms with Gasteiger partial charge in [-0.15, -0.1) is 0 Å². The number of aromatic nitrogens is 2. The third-order valence-electron chi connectivity index (χ3n) is 5.52. The van der Waals surface area contributed by atoms with Gasteiger partial charge in [-0.2, -0.15) is 0 Å². The molecule has 4 atom stereocenters. The number of fused-ring (bicyclic) bond motifs is 1. The van der Waals surface area contributed by atoms with Gasteiger partial charge in [-0.3, -0.25) is 4.79 Å². The van der Waals surface area contributed by atoms with Crippen molar-refractivity contribution < 1.29 is 9.42 Å². The fourth-order valence-electron chi connectivity index (χ4n) is 4.42. The number of hydrogen-bond acceptors (Lipinski definition) is 4. The van der Waals surface area contributed by atoms with Crippen LogP contribution in [-0.4, -0.2) is 22.3 Å². The third-order valence-corrected chi connectivity index (χ3v) is 5.52. The molecule has 2 aromatic rings. The highest BCUT2D eigenvalue weighted by Crippen LogP contribution is 2.55. The summed E-state index contributed by atoms with van der Waals surface area (Å²) in [5.74, 6) is 1.81. The Kier molecular flexibility index (Phi) is 3.63. The van der Waals surface area contributed by atoms with E-state index in [-0.39, 0.29) is 18.4 Å². The molecular formula is C18H21N3O2. The minimum absolute atomic E-state index is 0.0140. The number of amides is 1. The van der Waals surface area contributed by atoms with Crippen molar-refractivity contribution in [2.75, 3.05) is 0 Å². The van der Waals surface area contributed by atoms with Crippen LogP contribution >= 0.6 is 0 Å². The second-order valence-electron chi connectivity index (χ2n) is 6.76. The average molecular weight is 311 g/mol. The van der Waals surface area contributed by atoms with Crippen molar-refractivity contribution >= 4 is 5.91 Å². The van der Waals surface area contributed by atoms with Crippen LogP contribution < -0.4 is 5.32 Å². The zero-order chi connectivity index (χ0) is 15.8. The van der Waals surface area contributed by atoms with E-state index in [4.69, 9.17) is 0 Å². The number of hydrogen-bond donors (Lipinski definition) is 1. The molecule has 2 saturated carbocycles. The summed E-state index contributed by atoms with van der Waals surface area (Å²) in [6.45, 7) is 1.81. The van der Waals surface area contributed by atoms with E-state index in [1.165, 1.54) is 24.8 Å². The Bertz CT molecular complexity index is 697. The molecule has 0 spiro atoms. The van der Waals surface area contributed by atoms with Crippen molar-refractivity contribution in [2.45, 2.75) is 44.6 Å². The highest BCUT2D eigenvalue weighted by molar-refractivity contribution is 5.79. The molecule has 5 heteroatoms. The van der Waals surface area contributed by atoms with Gasteiger partial charge in [-0.25, -0.2) is 4.63 Å². The Morgan fingerprint density at radius 2 is 2.00 bits per heavy atom. The van der Waals surface area contributed by atoms with Crippen LogP contribution in [-0.2, 0) is 11.2 Å². The molecule has 2 aliphatic rings. The predicted molar refractivity (Wildman–Crippen MR) is 84.7 cm³/mol. The summed E-state index contributed by atoms with van der Waals surface area (Å²) >= 11 is 0. The average Bonchev–Trinajstić information content (AvgIpc) is 3.14. The first-order chi connectivity index (χ1) is 11.2. The standard InChI is InChI=1S/C18H21N3O2/c1-11-15(21-23-20-11)10-16(22)19-18-14-9-5-8-13(14)17(18)12-6-3-2-4-7-12/h2-4,6-7,13-14,17-18H,5,8-10H2,1H3,(H,19,22)/t13-,14+,17-,18+/m0/s1. The first-order valence-electron chi connectivity index (χ1n) is 8.36. The van der Waals surface area contributed by atoms with Crippen LogP contribution in [0.4, 0.5) is 0 Å². The fourth-order valence-corrected chi connectivity index (χ4v) is 4.42. The molecule has 2 fully saturated rings. The van der Waals surface area contributed by atoms with E-state index < -0.39 is 0 Å². The lowest BCUT2D eigenvalue weighted by molar-refractivity contribution is -0.123. The Morgan fingerprint density at radius 1 is 1.22 bits per heavy atom. The van der Waals surface area contributed by atoms with Gasteiger partial charge in [0, 0.05) is 12.0 Å². The second-order valence-corrected chi connectivity index (χ2v) is 6.76. The highest BCUT2D eigenvalue weighted by atomic mass is 16.6. The zero-order valence-electron chi connectivity index (χ0n) is 13.2. The molecule has 1 N–H and O–H groups in total. The molecule has 23 heavy (non-hydrogen) atoms. The van der Waals surface area contributed by atoms with Crippen LogP contribution in [0.25, 0.3) is 0 Å². The number of benzene rings is 1. The van der Waals surface area contributed by atoms with E-state index in [1.807, 2.05) is 13.0 Å². The molecule has 0 aliphatic heterocycles. The molecule has 1 aromatic heterocycles. The summed E-state index contributed by atoms with van der Waals surface area (Å²) in [6, 6.07) is 10.8. The molecule has 1 heterocycles. The fraction of sp³-hybridized carbons (Fsp3) is 0.500. The van der Waals surface area contributed by atoms with E-state index in [0.29, 0.717) is 23.2 Å². The van der Waals surface area contributed by atoms with Crippen LogP contribution in [0, 0.1) is 18.8 Å². The van der Waals surface area contributed by atoms with E-state index >= 15 is 0 Å². The molecule has 1 amide bonds. The van der Waals surface area contributed by atoms with Crippen molar-refractivity contribution in [3.05, 3.63) is 47.3 Å². The number of nitrogens with one attached hydrogen (secondary N) is 1. The minimum atomic E-state index is 0.0140. The van der Waals surface area contributed by atoms with Gasteiger partial charge < -0.3 is 5.32 Å². The smallest absolute Gasteiger partial charge is 0.226 e. The number of carbonyl (C=O) groups excluding carboxylic acids is 1. The number of carbonyl (C=O) groups is 1. The van der Waals surface area contributed by atoms with Gasteiger partial charge in [0.15, 0.2) is 0 Å². The maximum atomic E-state index is 12.4. The van der Waals surface area contributed by atoms with E-state index in [0.717, 1.165) is 5.92 Å². The molecular weight excluding hydrogens is 290 g/mol. The summed E-state index contributed by atoms with van der Waals surface area (Å²) in [6.07, 6.45) is 4.02. The maximum Gasteiger partial charge on any atom is 0.226 e. The lowest BCUT2D eigenvalue weighted by atomic mass is 9.60. The van der Waals surface area contributed by atoms with Gasteiger partial charge in [0.2, 0.25) is 5.91 Å². The summed E-state index contributed by atoms with van der Waals surface area (Å²) in [5, 5.41) is 10.8. The Labute approximate surface area is 135 Å². The molecule has 2 aliphatic carbocycles. The summed E-state index contributed by atoms with van der Waals surface area (Å²) < 4.78 is 4.67. The quantitative estimate of drug-likeness (QED) is 0.942. The highest BCUT2D eigenvalue weighted by Gasteiger charge is 2.53.